The van der Waals surface area contributed by atoms with Crippen molar-refractivity contribution >= 4 is 111 Å². The Bertz CT molecular complexity index is 4030. The lowest BCUT2D eigenvalue weighted by Crippen LogP contribution is -2.77. The van der Waals surface area contributed by atoms with E-state index in [0.717, 1.165) is 44.5 Å². The first-order chi connectivity index (χ1) is 32.7. The smallest absolute Gasteiger partial charge is 0.184 e. The quantitative estimate of drug-likeness (QED) is 0.162. The van der Waals surface area contributed by atoms with Gasteiger partial charge in [-0.1, -0.05) is 170 Å². The van der Waals surface area contributed by atoms with Crippen LogP contribution in [0.5, 0.6) is 0 Å². The van der Waals surface area contributed by atoms with Crippen molar-refractivity contribution in [2.45, 2.75) is 0 Å². The topological polar surface area (TPSA) is 34.2 Å². The second kappa shape index (κ2) is 14.2. The van der Waals surface area contributed by atoms with Crippen molar-refractivity contribution in [3.05, 3.63) is 237 Å². The van der Waals surface area contributed by atoms with E-state index in [2.05, 4.69) is 234 Å². The van der Waals surface area contributed by atoms with Gasteiger partial charge in [0.25, 0.3) is 0 Å². The average Bonchev–Trinajstić information content (AvgIpc) is 3.94. The molecule has 0 saturated heterocycles. The summed E-state index contributed by atoms with van der Waals surface area (Å²) in [6.07, 6.45) is 1.95. The lowest BCUT2D eigenvalue weighted by Gasteiger charge is -2.45. The molecule has 0 bridgehead atoms. The van der Waals surface area contributed by atoms with Crippen LogP contribution in [0.1, 0.15) is 0 Å². The molecule has 14 rings (SSSR count). The molecule has 0 radical (unpaired) electrons. The van der Waals surface area contributed by atoms with E-state index in [1.165, 1.54) is 75.5 Å². The van der Waals surface area contributed by atoms with Crippen LogP contribution in [0.4, 0.5) is 17.2 Å². The number of para-hydroxylation sites is 3. The van der Waals surface area contributed by atoms with Gasteiger partial charge in [-0.05, 0) is 109 Å². The van der Waals surface area contributed by atoms with Gasteiger partial charge in [0.15, 0.2) is 8.07 Å². The third-order valence-corrected chi connectivity index (χ3v) is 18.9. The molecule has 4 nitrogen and oxygen atoms in total. The van der Waals surface area contributed by atoms with Crippen LogP contribution in [-0.4, -0.2) is 17.6 Å². The van der Waals surface area contributed by atoms with E-state index in [1.807, 2.05) is 12.3 Å². The number of nitrogens with zero attached hydrogens (tertiary/aromatic N) is 3. The van der Waals surface area contributed by atoms with Crippen LogP contribution in [0.15, 0.2) is 241 Å². The van der Waals surface area contributed by atoms with Gasteiger partial charge in [0.05, 0.1) is 11.0 Å². The third kappa shape index (κ3) is 5.23. The van der Waals surface area contributed by atoms with E-state index < -0.39 is 8.07 Å². The van der Waals surface area contributed by atoms with E-state index in [1.54, 1.807) is 0 Å². The average molecular weight is 858 g/mol. The molecular formula is C61H39N3OSi. The van der Waals surface area contributed by atoms with Gasteiger partial charge < -0.3 is 8.98 Å². The lowest BCUT2D eigenvalue weighted by atomic mass is 10.0. The third-order valence-electron chi connectivity index (χ3n) is 14.1. The van der Waals surface area contributed by atoms with E-state index in [0.29, 0.717) is 0 Å². The van der Waals surface area contributed by atoms with Crippen LogP contribution in [0.2, 0.25) is 0 Å². The first-order valence-corrected chi connectivity index (χ1v) is 24.6. The zero-order valence-corrected chi connectivity index (χ0v) is 36.8. The lowest BCUT2D eigenvalue weighted by molar-refractivity contribution is 0.669. The maximum Gasteiger partial charge on any atom is 0.184 e. The molecule has 1 aliphatic rings. The number of fused-ring (bicyclic) bond motifs is 11. The summed E-state index contributed by atoms with van der Waals surface area (Å²) in [5.74, 6) is 0.934. The Morgan fingerprint density at radius 1 is 0.394 bits per heavy atom. The van der Waals surface area contributed by atoms with Gasteiger partial charge in [-0.2, -0.15) is 0 Å². The van der Waals surface area contributed by atoms with Gasteiger partial charge in [0.2, 0.25) is 0 Å². The molecule has 13 aromatic rings. The monoisotopic (exact) mass is 857 g/mol. The minimum atomic E-state index is -2.95. The molecule has 0 amide bonds. The molecule has 0 saturated carbocycles. The van der Waals surface area contributed by atoms with Crippen molar-refractivity contribution < 1.29 is 4.42 Å². The summed E-state index contributed by atoms with van der Waals surface area (Å²) in [4.78, 5) is 7.59. The van der Waals surface area contributed by atoms with Gasteiger partial charge in [-0.25, -0.2) is 4.98 Å². The first kappa shape index (κ1) is 36.9. The van der Waals surface area contributed by atoms with Crippen LogP contribution in [0.25, 0.3) is 82.1 Å². The number of aromatic nitrogens is 2. The molecule has 308 valence electrons. The fourth-order valence-electron chi connectivity index (χ4n) is 11.3. The number of benzene rings is 10. The molecule has 4 heterocycles. The summed E-state index contributed by atoms with van der Waals surface area (Å²) in [5, 5.41) is 14.8. The fourth-order valence-corrected chi connectivity index (χ4v) is 16.4. The highest BCUT2D eigenvalue weighted by Crippen LogP contribution is 2.43. The van der Waals surface area contributed by atoms with Crippen LogP contribution < -0.4 is 25.6 Å². The molecule has 3 aromatic heterocycles. The van der Waals surface area contributed by atoms with E-state index in [9.17, 15) is 0 Å². The molecule has 0 fully saturated rings. The van der Waals surface area contributed by atoms with Crippen LogP contribution in [0, 0.1) is 0 Å². The molecule has 0 atom stereocenters. The predicted molar refractivity (Wildman–Crippen MR) is 278 cm³/mol. The number of rotatable bonds is 5. The first-order valence-electron chi connectivity index (χ1n) is 22.6. The molecule has 1 aliphatic heterocycles. The number of hydrogen-bond acceptors (Lipinski definition) is 3. The predicted octanol–water partition coefficient (Wildman–Crippen LogP) is 13.2. The summed E-state index contributed by atoms with van der Waals surface area (Å²) >= 11 is 0. The minimum absolute atomic E-state index is 0.914. The molecule has 10 aromatic carbocycles. The second-order valence-electron chi connectivity index (χ2n) is 17.4. The maximum atomic E-state index is 6.26. The van der Waals surface area contributed by atoms with Crippen LogP contribution in [0.3, 0.4) is 0 Å². The standard InChI is InChI=1S/C61H39N3OSi/c1-3-16-45(17-4-1)66(46-18-5-2-6-19-46)58-26-14-12-24-54(58)64(61-48-20-8-7-15-40(48)35-36-62-61)55-33-28-42(39-59(55)66)41-27-32-53-51(38-41)49-21-9-11-23-52(49)63(53)44-30-31-47-43(37-44)29-34-57-60(47)50-22-10-13-25-56(50)65-57/h1-39H. The normalized spacial score (nSPS) is 13.2. The SMILES string of the molecule is c1ccc([Si]2(c3ccccc3)c3ccccc3N(c3nccc4ccccc34)c3ccc(-c4ccc5c(c4)c4ccccc4n5-c4ccc5c(ccc6oc7ccccc7c65)c4)cc32)cc1. The van der Waals surface area contributed by atoms with E-state index in [4.69, 9.17) is 9.40 Å². The highest BCUT2D eigenvalue weighted by atomic mass is 28.3. The molecule has 66 heavy (non-hydrogen) atoms. The van der Waals surface area contributed by atoms with Gasteiger partial charge in [-0.15, -0.1) is 0 Å². The maximum absolute atomic E-state index is 6.26. The largest absolute Gasteiger partial charge is 0.456 e. The summed E-state index contributed by atoms with van der Waals surface area (Å²) in [5.41, 5.74) is 10.0. The Balaban J connectivity index is 0.999. The molecular weight excluding hydrogens is 819 g/mol. The van der Waals surface area contributed by atoms with Crippen molar-refractivity contribution in [3.63, 3.8) is 0 Å². The summed E-state index contributed by atoms with van der Waals surface area (Å²) in [6.45, 7) is 0. The summed E-state index contributed by atoms with van der Waals surface area (Å²) < 4.78 is 8.68. The zero-order valence-electron chi connectivity index (χ0n) is 35.8. The van der Waals surface area contributed by atoms with Crippen molar-refractivity contribution in [2.24, 2.45) is 0 Å². The van der Waals surface area contributed by atoms with Gasteiger partial charge in [-0.3, -0.25) is 4.90 Å². The molecule has 0 N–H and O–H groups in total. The van der Waals surface area contributed by atoms with Gasteiger partial charge in [0.1, 0.15) is 17.0 Å². The Hall–Kier alpha value is -8.51. The van der Waals surface area contributed by atoms with Gasteiger partial charge in [0, 0.05) is 50.2 Å². The molecule has 0 unspecified atom stereocenters. The molecule has 0 spiro atoms. The Morgan fingerprint density at radius 3 is 1.91 bits per heavy atom. The van der Waals surface area contributed by atoms with E-state index >= 15 is 0 Å². The number of hydrogen-bond donors (Lipinski definition) is 0. The van der Waals surface area contributed by atoms with E-state index in [-0.39, 0.29) is 0 Å². The summed E-state index contributed by atoms with van der Waals surface area (Å²) in [7, 11) is -2.95. The molecule has 5 heteroatoms. The Kier molecular flexibility index (Phi) is 7.97. The second-order valence-corrected chi connectivity index (χ2v) is 21.2. The highest BCUT2D eigenvalue weighted by Gasteiger charge is 2.49. The minimum Gasteiger partial charge on any atom is -0.456 e. The Labute approximate surface area is 381 Å². The van der Waals surface area contributed by atoms with Crippen LogP contribution in [-0.2, 0) is 0 Å². The number of pyridine rings is 1. The van der Waals surface area contributed by atoms with Crippen molar-refractivity contribution in [2.75, 3.05) is 4.90 Å². The summed E-state index contributed by atoms with van der Waals surface area (Å²) in [6, 6.07) is 84.8. The number of anilines is 3. The Morgan fingerprint density at radius 2 is 1.06 bits per heavy atom. The van der Waals surface area contributed by atoms with Crippen LogP contribution >= 0.6 is 0 Å². The van der Waals surface area contributed by atoms with Crippen molar-refractivity contribution in [1.82, 2.24) is 9.55 Å². The van der Waals surface area contributed by atoms with Crippen molar-refractivity contribution in [3.8, 4) is 16.8 Å². The van der Waals surface area contributed by atoms with Crippen molar-refractivity contribution in [1.29, 1.82) is 0 Å². The molecule has 0 aliphatic carbocycles. The number of furan rings is 1. The zero-order chi connectivity index (χ0) is 43.3. The highest BCUT2D eigenvalue weighted by molar-refractivity contribution is 7.21. The van der Waals surface area contributed by atoms with Gasteiger partial charge >= 0.3 is 0 Å². The fraction of sp³-hybridized carbons (Fsp3) is 0.